The SMILES string of the molecule is CCC[C@@H](/C=C/C(=O)N1CCc2ccccc21)N(C[C@@H](N)CC)C(=O)C(F)(F)F. The maximum Gasteiger partial charge on any atom is 0.471 e. The van der Waals surface area contributed by atoms with Gasteiger partial charge in [-0.2, -0.15) is 13.2 Å². The van der Waals surface area contributed by atoms with Gasteiger partial charge in [-0.15, -0.1) is 0 Å². The van der Waals surface area contributed by atoms with Crippen LogP contribution in [0.2, 0.25) is 0 Å². The normalized spacial score (nSPS) is 16.0. The molecular weight excluding hydrogens is 383 g/mol. The van der Waals surface area contributed by atoms with Gasteiger partial charge in [0.05, 0.1) is 6.04 Å². The molecule has 5 nitrogen and oxygen atoms in total. The standard InChI is InChI=1S/C21H28F3N3O2/c1-3-7-17(27(14-16(25)4-2)20(29)21(22,23)24)10-11-19(28)26-13-12-15-8-5-6-9-18(15)26/h5-6,8-11,16-17H,3-4,7,12-14,25H2,1-2H3/b11-10+/t16-,17-/m0/s1. The number of anilines is 1. The second kappa shape index (κ2) is 9.91. The van der Waals surface area contributed by atoms with Crippen LogP contribution in [0.3, 0.4) is 0 Å². The number of halogens is 3. The van der Waals surface area contributed by atoms with E-state index in [1.807, 2.05) is 31.2 Å². The van der Waals surface area contributed by atoms with Gasteiger partial charge in [0.15, 0.2) is 0 Å². The fraction of sp³-hybridized carbons (Fsp3) is 0.524. The molecule has 0 saturated carbocycles. The third kappa shape index (κ3) is 5.82. The van der Waals surface area contributed by atoms with Gasteiger partial charge in [-0.25, -0.2) is 0 Å². The number of hydrogen-bond acceptors (Lipinski definition) is 3. The second-order valence-electron chi connectivity index (χ2n) is 7.21. The number of alkyl halides is 3. The number of fused-ring (bicyclic) bond motifs is 1. The van der Waals surface area contributed by atoms with Crippen molar-refractivity contribution in [2.24, 2.45) is 5.73 Å². The zero-order chi connectivity index (χ0) is 21.6. The molecular formula is C21H28F3N3O2. The Bertz CT molecular complexity index is 749. The summed E-state index contributed by atoms with van der Waals surface area (Å²) in [6.45, 7) is 3.87. The van der Waals surface area contributed by atoms with Gasteiger partial charge in [-0.3, -0.25) is 9.59 Å². The number of carbonyl (C=O) groups excluding carboxylic acids is 2. The van der Waals surface area contributed by atoms with Crippen LogP contribution in [0.5, 0.6) is 0 Å². The molecule has 0 aliphatic carbocycles. The molecule has 29 heavy (non-hydrogen) atoms. The quantitative estimate of drug-likeness (QED) is 0.667. The molecule has 0 spiro atoms. The van der Waals surface area contributed by atoms with Gasteiger partial charge in [0.25, 0.3) is 5.91 Å². The third-order valence-corrected chi connectivity index (χ3v) is 5.06. The molecule has 0 bridgehead atoms. The summed E-state index contributed by atoms with van der Waals surface area (Å²) in [5.41, 5.74) is 7.71. The van der Waals surface area contributed by atoms with Crippen molar-refractivity contribution < 1.29 is 22.8 Å². The number of nitrogens with two attached hydrogens (primary N) is 1. The van der Waals surface area contributed by atoms with Gasteiger partial charge in [-0.1, -0.05) is 44.5 Å². The van der Waals surface area contributed by atoms with E-state index in [0.717, 1.165) is 22.6 Å². The van der Waals surface area contributed by atoms with E-state index in [0.29, 0.717) is 25.8 Å². The first-order valence-electron chi connectivity index (χ1n) is 9.90. The van der Waals surface area contributed by atoms with Crippen molar-refractivity contribution in [1.29, 1.82) is 0 Å². The summed E-state index contributed by atoms with van der Waals surface area (Å²) >= 11 is 0. The Morgan fingerprint density at radius 1 is 1.28 bits per heavy atom. The molecule has 1 aromatic rings. The lowest BCUT2D eigenvalue weighted by Crippen LogP contribution is -2.51. The number of para-hydroxylation sites is 1. The Labute approximate surface area is 169 Å². The van der Waals surface area contributed by atoms with E-state index in [1.165, 1.54) is 12.2 Å². The highest BCUT2D eigenvalue weighted by molar-refractivity contribution is 6.03. The molecule has 2 amide bonds. The Hall–Kier alpha value is -2.35. The summed E-state index contributed by atoms with van der Waals surface area (Å²) in [6.07, 6.45) is -0.288. The van der Waals surface area contributed by atoms with Gasteiger partial charge in [-0.05, 0) is 30.9 Å². The lowest BCUT2D eigenvalue weighted by Gasteiger charge is -2.32. The summed E-state index contributed by atoms with van der Waals surface area (Å²) in [7, 11) is 0. The number of carbonyl (C=O) groups is 2. The second-order valence-corrected chi connectivity index (χ2v) is 7.21. The molecule has 0 unspecified atom stereocenters. The summed E-state index contributed by atoms with van der Waals surface area (Å²) in [6, 6.07) is 6.10. The van der Waals surface area contributed by atoms with E-state index in [-0.39, 0.29) is 12.5 Å². The van der Waals surface area contributed by atoms with Gasteiger partial charge in [0, 0.05) is 30.9 Å². The van der Waals surface area contributed by atoms with Crippen molar-refractivity contribution in [1.82, 2.24) is 4.90 Å². The van der Waals surface area contributed by atoms with Crippen LogP contribution in [0, 0.1) is 0 Å². The lowest BCUT2D eigenvalue weighted by atomic mass is 10.1. The van der Waals surface area contributed by atoms with Crippen molar-refractivity contribution in [2.45, 2.75) is 57.8 Å². The van der Waals surface area contributed by atoms with Crippen molar-refractivity contribution >= 4 is 17.5 Å². The van der Waals surface area contributed by atoms with Crippen LogP contribution >= 0.6 is 0 Å². The van der Waals surface area contributed by atoms with E-state index in [2.05, 4.69) is 0 Å². The van der Waals surface area contributed by atoms with Crippen molar-refractivity contribution in [2.75, 3.05) is 18.0 Å². The van der Waals surface area contributed by atoms with Gasteiger partial charge in [0.1, 0.15) is 0 Å². The monoisotopic (exact) mass is 411 g/mol. The smallest absolute Gasteiger partial charge is 0.327 e. The van der Waals surface area contributed by atoms with E-state index in [1.54, 1.807) is 11.8 Å². The Morgan fingerprint density at radius 2 is 1.97 bits per heavy atom. The maximum absolute atomic E-state index is 13.1. The van der Waals surface area contributed by atoms with E-state index in [9.17, 15) is 22.8 Å². The van der Waals surface area contributed by atoms with Crippen molar-refractivity contribution in [3.05, 3.63) is 42.0 Å². The molecule has 1 aliphatic rings. The minimum absolute atomic E-state index is 0.218. The maximum atomic E-state index is 13.1. The average molecular weight is 411 g/mol. The number of nitrogens with zero attached hydrogens (tertiary/aromatic N) is 2. The summed E-state index contributed by atoms with van der Waals surface area (Å²) < 4.78 is 39.4. The minimum Gasteiger partial charge on any atom is -0.327 e. The molecule has 1 aromatic carbocycles. The highest BCUT2D eigenvalue weighted by Crippen LogP contribution is 2.28. The molecule has 1 aliphatic heterocycles. The number of rotatable bonds is 8. The molecule has 0 saturated heterocycles. The Balaban J connectivity index is 2.23. The number of amides is 2. The van der Waals surface area contributed by atoms with E-state index < -0.39 is 24.2 Å². The molecule has 0 radical (unpaired) electrons. The van der Waals surface area contributed by atoms with Crippen LogP contribution in [-0.4, -0.2) is 48.1 Å². The first-order chi connectivity index (χ1) is 13.7. The van der Waals surface area contributed by atoms with E-state index >= 15 is 0 Å². The largest absolute Gasteiger partial charge is 0.471 e. The van der Waals surface area contributed by atoms with Gasteiger partial charge in [0.2, 0.25) is 0 Å². The number of hydrogen-bond donors (Lipinski definition) is 1. The van der Waals surface area contributed by atoms with Gasteiger partial charge >= 0.3 is 12.1 Å². The first-order valence-corrected chi connectivity index (χ1v) is 9.90. The Morgan fingerprint density at radius 3 is 2.59 bits per heavy atom. The number of benzene rings is 1. The topological polar surface area (TPSA) is 66.6 Å². The molecule has 2 N–H and O–H groups in total. The van der Waals surface area contributed by atoms with Crippen LogP contribution in [0.25, 0.3) is 0 Å². The van der Waals surface area contributed by atoms with Crippen LogP contribution in [-0.2, 0) is 16.0 Å². The summed E-state index contributed by atoms with van der Waals surface area (Å²) in [4.78, 5) is 27.0. The van der Waals surface area contributed by atoms with Crippen LogP contribution < -0.4 is 10.6 Å². The highest BCUT2D eigenvalue weighted by Gasteiger charge is 2.44. The van der Waals surface area contributed by atoms with Gasteiger partial charge < -0.3 is 15.5 Å². The molecule has 2 atom stereocenters. The predicted octanol–water partition coefficient (Wildman–Crippen LogP) is 3.43. The van der Waals surface area contributed by atoms with Crippen LogP contribution in [0.1, 0.15) is 38.7 Å². The van der Waals surface area contributed by atoms with Crippen LogP contribution in [0.4, 0.5) is 18.9 Å². The Kier molecular flexibility index (Phi) is 7.84. The third-order valence-electron chi connectivity index (χ3n) is 5.06. The molecule has 0 fully saturated rings. The van der Waals surface area contributed by atoms with Crippen LogP contribution in [0.15, 0.2) is 36.4 Å². The zero-order valence-electron chi connectivity index (χ0n) is 16.8. The summed E-state index contributed by atoms with van der Waals surface area (Å²) in [5.74, 6) is -2.24. The predicted molar refractivity (Wildman–Crippen MR) is 106 cm³/mol. The fourth-order valence-corrected chi connectivity index (χ4v) is 3.42. The molecule has 8 heteroatoms. The summed E-state index contributed by atoms with van der Waals surface area (Å²) in [5, 5.41) is 0. The molecule has 1 heterocycles. The average Bonchev–Trinajstić information content (AvgIpc) is 3.12. The zero-order valence-corrected chi connectivity index (χ0v) is 16.8. The lowest BCUT2D eigenvalue weighted by molar-refractivity contribution is -0.187. The first kappa shape index (κ1) is 22.9. The fourth-order valence-electron chi connectivity index (χ4n) is 3.42. The molecule has 2 rings (SSSR count). The van der Waals surface area contributed by atoms with E-state index in [4.69, 9.17) is 5.73 Å². The molecule has 0 aromatic heterocycles. The highest BCUT2D eigenvalue weighted by atomic mass is 19.4. The van der Waals surface area contributed by atoms with Crippen molar-refractivity contribution in [3.8, 4) is 0 Å². The minimum atomic E-state index is -4.99. The molecule has 160 valence electrons. The van der Waals surface area contributed by atoms with Crippen molar-refractivity contribution in [3.63, 3.8) is 0 Å².